The fourth-order valence-electron chi connectivity index (χ4n) is 2.76. The molecular formula is C15H14N2O4. The lowest BCUT2D eigenvalue weighted by Crippen LogP contribution is -2.35. The van der Waals surface area contributed by atoms with Crippen molar-refractivity contribution in [2.75, 3.05) is 13.3 Å². The van der Waals surface area contributed by atoms with Crippen LogP contribution in [0.3, 0.4) is 0 Å². The number of hydrogen-bond acceptors (Lipinski definition) is 5. The van der Waals surface area contributed by atoms with Gasteiger partial charge in [0.15, 0.2) is 17.3 Å². The number of amides is 1. The lowest BCUT2D eigenvalue weighted by atomic mass is 10.0. The number of carbonyl (C=O) groups excluding carboxylic acids is 1. The van der Waals surface area contributed by atoms with Gasteiger partial charge in [-0.05, 0) is 31.5 Å². The number of aryl methyl sites for hydroxylation is 1. The molecule has 0 radical (unpaired) electrons. The summed E-state index contributed by atoms with van der Waals surface area (Å²) in [4.78, 5) is 14.4. The van der Waals surface area contributed by atoms with Crippen molar-refractivity contribution in [2.24, 2.45) is 0 Å². The summed E-state index contributed by atoms with van der Waals surface area (Å²) in [5, 5.41) is 3.96. The molecule has 0 atom stereocenters. The van der Waals surface area contributed by atoms with Gasteiger partial charge in [0.2, 0.25) is 6.79 Å². The highest BCUT2D eigenvalue weighted by Crippen LogP contribution is 2.33. The van der Waals surface area contributed by atoms with Crippen LogP contribution in [0.5, 0.6) is 11.5 Å². The molecule has 2 aliphatic heterocycles. The molecule has 0 saturated carbocycles. The fraction of sp³-hybridized carbons (Fsp3) is 0.333. The van der Waals surface area contributed by atoms with E-state index in [9.17, 15) is 4.79 Å². The van der Waals surface area contributed by atoms with E-state index in [-0.39, 0.29) is 12.7 Å². The molecule has 3 heterocycles. The van der Waals surface area contributed by atoms with E-state index in [1.807, 2.05) is 6.92 Å². The Bertz CT molecular complexity index is 722. The molecule has 0 aliphatic carbocycles. The molecule has 108 valence electrons. The van der Waals surface area contributed by atoms with E-state index in [0.717, 1.165) is 23.4 Å². The Morgan fingerprint density at radius 1 is 1.29 bits per heavy atom. The number of carbonyl (C=O) groups is 1. The number of ether oxygens (including phenoxy) is 2. The Morgan fingerprint density at radius 2 is 2.14 bits per heavy atom. The molecule has 2 aliphatic rings. The van der Waals surface area contributed by atoms with Crippen molar-refractivity contribution >= 4 is 5.91 Å². The van der Waals surface area contributed by atoms with Crippen molar-refractivity contribution in [1.82, 2.24) is 10.1 Å². The van der Waals surface area contributed by atoms with Crippen LogP contribution in [-0.4, -0.2) is 29.3 Å². The minimum absolute atomic E-state index is 0.0343. The van der Waals surface area contributed by atoms with E-state index in [1.54, 1.807) is 23.1 Å². The zero-order valence-corrected chi connectivity index (χ0v) is 11.6. The second-order valence-corrected chi connectivity index (χ2v) is 5.21. The molecule has 0 spiro atoms. The van der Waals surface area contributed by atoms with Crippen molar-refractivity contribution in [1.29, 1.82) is 0 Å². The Balaban J connectivity index is 1.58. The molecular weight excluding hydrogens is 272 g/mol. The summed E-state index contributed by atoms with van der Waals surface area (Å²) in [6.07, 6.45) is 0.779. The van der Waals surface area contributed by atoms with Gasteiger partial charge in [0, 0.05) is 17.7 Å². The van der Waals surface area contributed by atoms with Crippen LogP contribution in [0.2, 0.25) is 0 Å². The maximum Gasteiger partial charge on any atom is 0.254 e. The maximum absolute atomic E-state index is 12.6. The summed E-state index contributed by atoms with van der Waals surface area (Å²) in [5.74, 6) is 2.05. The predicted octanol–water partition coefficient (Wildman–Crippen LogP) is 1.91. The Labute approximate surface area is 121 Å². The van der Waals surface area contributed by atoms with Gasteiger partial charge in [-0.3, -0.25) is 4.79 Å². The topological polar surface area (TPSA) is 64.8 Å². The second-order valence-electron chi connectivity index (χ2n) is 5.21. The first-order chi connectivity index (χ1) is 10.2. The smallest absolute Gasteiger partial charge is 0.254 e. The molecule has 6 nitrogen and oxygen atoms in total. The molecule has 1 amide bonds. The number of benzene rings is 1. The highest BCUT2D eigenvalue weighted by molar-refractivity contribution is 5.95. The molecule has 0 unspecified atom stereocenters. The van der Waals surface area contributed by atoms with Crippen molar-refractivity contribution < 1.29 is 18.8 Å². The fourth-order valence-corrected chi connectivity index (χ4v) is 2.76. The summed E-state index contributed by atoms with van der Waals surface area (Å²) in [6, 6.07) is 5.26. The van der Waals surface area contributed by atoms with Crippen LogP contribution in [0.15, 0.2) is 22.7 Å². The van der Waals surface area contributed by atoms with Crippen molar-refractivity contribution in [2.45, 2.75) is 19.9 Å². The average molecular weight is 286 g/mol. The first kappa shape index (κ1) is 12.3. The van der Waals surface area contributed by atoms with Crippen molar-refractivity contribution in [3.8, 4) is 11.5 Å². The van der Waals surface area contributed by atoms with Gasteiger partial charge in [0.05, 0.1) is 12.2 Å². The van der Waals surface area contributed by atoms with Gasteiger partial charge >= 0.3 is 0 Å². The van der Waals surface area contributed by atoms with Crippen LogP contribution in [0.25, 0.3) is 0 Å². The van der Waals surface area contributed by atoms with Crippen LogP contribution in [0.1, 0.15) is 27.4 Å². The molecule has 0 bridgehead atoms. The molecule has 4 rings (SSSR count). The minimum Gasteiger partial charge on any atom is -0.454 e. The highest BCUT2D eigenvalue weighted by atomic mass is 16.7. The van der Waals surface area contributed by atoms with Crippen molar-refractivity contribution in [3.05, 3.63) is 40.8 Å². The summed E-state index contributed by atoms with van der Waals surface area (Å²) < 4.78 is 15.9. The van der Waals surface area contributed by atoms with Crippen LogP contribution in [-0.2, 0) is 13.0 Å². The third kappa shape index (κ3) is 1.94. The Hall–Kier alpha value is -2.50. The SMILES string of the molecule is Cc1noc2c1CCN(C(=O)c1ccc3c(c1)OCO3)C2. The monoisotopic (exact) mass is 286 g/mol. The number of hydrogen-bond donors (Lipinski definition) is 0. The first-order valence-electron chi connectivity index (χ1n) is 6.85. The molecule has 1 aromatic carbocycles. The van der Waals surface area contributed by atoms with Crippen LogP contribution >= 0.6 is 0 Å². The van der Waals surface area contributed by atoms with E-state index in [4.69, 9.17) is 14.0 Å². The Morgan fingerprint density at radius 3 is 3.05 bits per heavy atom. The number of fused-ring (bicyclic) bond motifs is 2. The molecule has 1 aromatic heterocycles. The number of nitrogens with zero attached hydrogens (tertiary/aromatic N) is 2. The summed E-state index contributed by atoms with van der Waals surface area (Å²) in [5.41, 5.74) is 2.64. The summed E-state index contributed by atoms with van der Waals surface area (Å²) in [7, 11) is 0. The molecule has 0 saturated heterocycles. The third-order valence-electron chi connectivity index (χ3n) is 3.94. The lowest BCUT2D eigenvalue weighted by Gasteiger charge is -2.25. The highest BCUT2D eigenvalue weighted by Gasteiger charge is 2.27. The van der Waals surface area contributed by atoms with Gasteiger partial charge in [-0.15, -0.1) is 0 Å². The van der Waals surface area contributed by atoms with E-state index in [1.165, 1.54) is 0 Å². The standard InChI is InChI=1S/C15H14N2O4/c1-9-11-4-5-17(7-14(11)21-16-9)15(18)10-2-3-12-13(6-10)20-8-19-12/h2-3,6H,4-5,7-8H2,1H3. The van der Waals surface area contributed by atoms with Gasteiger partial charge in [-0.1, -0.05) is 5.16 Å². The van der Waals surface area contributed by atoms with E-state index in [0.29, 0.717) is 30.2 Å². The molecule has 0 fully saturated rings. The zero-order valence-electron chi connectivity index (χ0n) is 11.6. The molecule has 21 heavy (non-hydrogen) atoms. The molecule has 6 heteroatoms. The number of aromatic nitrogens is 1. The maximum atomic E-state index is 12.6. The van der Waals surface area contributed by atoms with Gasteiger partial charge in [-0.25, -0.2) is 0 Å². The van der Waals surface area contributed by atoms with Crippen LogP contribution in [0, 0.1) is 6.92 Å². The van der Waals surface area contributed by atoms with Gasteiger partial charge in [0.1, 0.15) is 0 Å². The largest absolute Gasteiger partial charge is 0.454 e. The van der Waals surface area contributed by atoms with Gasteiger partial charge < -0.3 is 18.9 Å². The van der Waals surface area contributed by atoms with Crippen LogP contribution < -0.4 is 9.47 Å². The first-order valence-corrected chi connectivity index (χ1v) is 6.85. The summed E-state index contributed by atoms with van der Waals surface area (Å²) in [6.45, 7) is 3.26. The van der Waals surface area contributed by atoms with Crippen molar-refractivity contribution in [3.63, 3.8) is 0 Å². The van der Waals surface area contributed by atoms with E-state index >= 15 is 0 Å². The Kier molecular flexibility index (Phi) is 2.63. The quantitative estimate of drug-likeness (QED) is 0.801. The van der Waals surface area contributed by atoms with Gasteiger partial charge in [0.25, 0.3) is 5.91 Å². The predicted molar refractivity (Wildman–Crippen MR) is 72.2 cm³/mol. The second kappa shape index (κ2) is 4.51. The third-order valence-corrected chi connectivity index (χ3v) is 3.94. The lowest BCUT2D eigenvalue weighted by molar-refractivity contribution is 0.0715. The van der Waals surface area contributed by atoms with Crippen LogP contribution in [0.4, 0.5) is 0 Å². The minimum atomic E-state index is -0.0343. The zero-order chi connectivity index (χ0) is 14.4. The van der Waals surface area contributed by atoms with E-state index in [2.05, 4.69) is 5.16 Å². The van der Waals surface area contributed by atoms with Gasteiger partial charge in [-0.2, -0.15) is 0 Å². The normalized spacial score (nSPS) is 16.0. The number of rotatable bonds is 1. The molecule has 2 aromatic rings. The molecule has 0 N–H and O–H groups in total. The van der Waals surface area contributed by atoms with E-state index < -0.39 is 0 Å². The average Bonchev–Trinajstić information content (AvgIpc) is 3.12. The summed E-state index contributed by atoms with van der Waals surface area (Å²) >= 11 is 0.